The second kappa shape index (κ2) is 7.73. The van der Waals surface area contributed by atoms with Gasteiger partial charge in [-0.15, -0.1) is 0 Å². The first-order chi connectivity index (χ1) is 9.79. The first-order valence-electron chi connectivity index (χ1n) is 7.40. The number of benzene rings is 1. The average molecular weight is 274 g/mol. The van der Waals surface area contributed by atoms with Crippen LogP contribution in [0, 0.1) is 0 Å². The normalized spacial score (nSPS) is 16.2. The van der Waals surface area contributed by atoms with E-state index in [2.05, 4.69) is 0 Å². The van der Waals surface area contributed by atoms with Gasteiger partial charge in [-0.1, -0.05) is 24.6 Å². The summed E-state index contributed by atoms with van der Waals surface area (Å²) in [6, 6.07) is 7.67. The Morgan fingerprint density at radius 3 is 2.75 bits per heavy atom. The molecule has 0 unspecified atom stereocenters. The number of carbonyl (C=O) groups is 1. The molecule has 0 aliphatic heterocycles. The number of para-hydroxylation sites is 1. The molecule has 2 rings (SSSR count). The van der Waals surface area contributed by atoms with Crippen molar-refractivity contribution in [2.24, 2.45) is 0 Å². The molecule has 0 N–H and O–H groups in total. The van der Waals surface area contributed by atoms with Gasteiger partial charge in [0.15, 0.2) is 0 Å². The van der Waals surface area contributed by atoms with Crippen LogP contribution in [0.4, 0.5) is 0 Å². The van der Waals surface area contributed by atoms with Crippen LogP contribution >= 0.6 is 0 Å². The smallest absolute Gasteiger partial charge is 0.331 e. The first-order valence-corrected chi connectivity index (χ1v) is 7.40. The maximum atomic E-state index is 11.8. The van der Waals surface area contributed by atoms with Crippen LogP contribution in [-0.4, -0.2) is 18.7 Å². The summed E-state index contributed by atoms with van der Waals surface area (Å²) in [5, 5.41) is 0. The molecule has 0 atom stereocenters. The molecule has 0 saturated heterocycles. The molecule has 1 saturated carbocycles. The molecule has 0 bridgehead atoms. The molecule has 20 heavy (non-hydrogen) atoms. The van der Waals surface area contributed by atoms with Gasteiger partial charge in [-0.2, -0.15) is 0 Å². The number of carbonyl (C=O) groups excluding carboxylic acids is 1. The highest BCUT2D eigenvalue weighted by Crippen LogP contribution is 2.21. The molecule has 0 radical (unpaired) electrons. The zero-order valence-electron chi connectivity index (χ0n) is 12.0. The zero-order chi connectivity index (χ0) is 14.2. The molecular formula is C17H22O3. The van der Waals surface area contributed by atoms with Gasteiger partial charge < -0.3 is 9.47 Å². The van der Waals surface area contributed by atoms with E-state index in [-0.39, 0.29) is 12.1 Å². The first kappa shape index (κ1) is 14.6. The van der Waals surface area contributed by atoms with E-state index in [0.29, 0.717) is 6.61 Å². The van der Waals surface area contributed by atoms with Gasteiger partial charge in [-0.05, 0) is 44.7 Å². The minimum atomic E-state index is -0.261. The molecule has 0 spiro atoms. The lowest BCUT2D eigenvalue weighted by atomic mass is 9.98. The van der Waals surface area contributed by atoms with Crippen LogP contribution in [0.25, 0.3) is 6.08 Å². The Morgan fingerprint density at radius 1 is 1.25 bits per heavy atom. The van der Waals surface area contributed by atoms with E-state index in [1.54, 1.807) is 6.08 Å². The Kier molecular flexibility index (Phi) is 5.66. The van der Waals surface area contributed by atoms with E-state index in [1.807, 2.05) is 31.2 Å². The lowest BCUT2D eigenvalue weighted by Gasteiger charge is -2.20. The third-order valence-corrected chi connectivity index (χ3v) is 3.45. The van der Waals surface area contributed by atoms with Crippen molar-refractivity contribution in [1.29, 1.82) is 0 Å². The van der Waals surface area contributed by atoms with Gasteiger partial charge in [0, 0.05) is 11.6 Å². The van der Waals surface area contributed by atoms with E-state index in [9.17, 15) is 4.79 Å². The summed E-state index contributed by atoms with van der Waals surface area (Å²) in [6.07, 6.45) is 8.92. The van der Waals surface area contributed by atoms with E-state index in [4.69, 9.17) is 9.47 Å². The largest absolute Gasteiger partial charge is 0.493 e. The van der Waals surface area contributed by atoms with Crippen molar-refractivity contribution in [2.75, 3.05) is 6.61 Å². The Bertz CT molecular complexity index is 459. The Hall–Kier alpha value is -1.77. The van der Waals surface area contributed by atoms with Crippen molar-refractivity contribution in [3.05, 3.63) is 35.9 Å². The van der Waals surface area contributed by atoms with Crippen LogP contribution in [0.15, 0.2) is 30.3 Å². The van der Waals surface area contributed by atoms with Crippen molar-refractivity contribution < 1.29 is 14.3 Å². The fraction of sp³-hybridized carbons (Fsp3) is 0.471. The second-order valence-electron chi connectivity index (χ2n) is 5.00. The molecule has 1 aliphatic rings. The van der Waals surface area contributed by atoms with Crippen LogP contribution in [0.3, 0.4) is 0 Å². The summed E-state index contributed by atoms with van der Waals surface area (Å²) in [6.45, 7) is 2.55. The van der Waals surface area contributed by atoms with Crippen molar-refractivity contribution >= 4 is 12.0 Å². The van der Waals surface area contributed by atoms with Crippen molar-refractivity contribution in [3.8, 4) is 5.75 Å². The molecule has 1 aromatic rings. The monoisotopic (exact) mass is 274 g/mol. The molecule has 1 fully saturated rings. The molecule has 3 nitrogen and oxygen atoms in total. The molecule has 0 heterocycles. The molecular weight excluding hydrogens is 252 g/mol. The second-order valence-corrected chi connectivity index (χ2v) is 5.00. The van der Waals surface area contributed by atoms with Crippen LogP contribution in [0.2, 0.25) is 0 Å². The predicted molar refractivity (Wildman–Crippen MR) is 79.6 cm³/mol. The topological polar surface area (TPSA) is 35.5 Å². The van der Waals surface area contributed by atoms with Crippen molar-refractivity contribution in [3.63, 3.8) is 0 Å². The molecule has 1 aromatic carbocycles. The minimum Gasteiger partial charge on any atom is -0.493 e. The van der Waals surface area contributed by atoms with Crippen molar-refractivity contribution in [2.45, 2.75) is 45.1 Å². The Balaban J connectivity index is 1.92. The van der Waals surface area contributed by atoms with Gasteiger partial charge in [0.25, 0.3) is 0 Å². The van der Waals surface area contributed by atoms with Crippen molar-refractivity contribution in [1.82, 2.24) is 0 Å². The van der Waals surface area contributed by atoms with Crippen LogP contribution in [0.1, 0.15) is 44.6 Å². The summed E-state index contributed by atoms with van der Waals surface area (Å²) in [4.78, 5) is 11.8. The maximum absolute atomic E-state index is 11.8. The third-order valence-electron chi connectivity index (χ3n) is 3.45. The maximum Gasteiger partial charge on any atom is 0.331 e. The average Bonchev–Trinajstić information content (AvgIpc) is 2.48. The molecule has 3 heteroatoms. The van der Waals surface area contributed by atoms with Crippen LogP contribution in [-0.2, 0) is 9.53 Å². The predicted octanol–water partition coefficient (Wildman–Crippen LogP) is 3.97. The van der Waals surface area contributed by atoms with E-state index in [0.717, 1.165) is 37.0 Å². The third kappa shape index (κ3) is 4.41. The lowest BCUT2D eigenvalue weighted by molar-refractivity contribution is -0.144. The van der Waals surface area contributed by atoms with Gasteiger partial charge in [0.05, 0.1) is 6.61 Å². The van der Waals surface area contributed by atoms with Crippen LogP contribution in [0.5, 0.6) is 5.75 Å². The van der Waals surface area contributed by atoms with Gasteiger partial charge in [-0.25, -0.2) is 4.79 Å². The molecule has 108 valence electrons. The SMILES string of the molecule is CCOc1ccccc1C=CC(=O)OC1CCCCC1. The highest BCUT2D eigenvalue weighted by atomic mass is 16.5. The van der Waals surface area contributed by atoms with Gasteiger partial charge in [-0.3, -0.25) is 0 Å². The summed E-state index contributed by atoms with van der Waals surface area (Å²) in [5.74, 6) is 0.528. The fourth-order valence-corrected chi connectivity index (χ4v) is 2.45. The fourth-order valence-electron chi connectivity index (χ4n) is 2.45. The summed E-state index contributed by atoms with van der Waals surface area (Å²) >= 11 is 0. The lowest BCUT2D eigenvalue weighted by Crippen LogP contribution is -2.19. The van der Waals surface area contributed by atoms with E-state index in [1.165, 1.54) is 12.5 Å². The van der Waals surface area contributed by atoms with Gasteiger partial charge >= 0.3 is 5.97 Å². The summed E-state index contributed by atoms with van der Waals surface area (Å²) in [5.41, 5.74) is 0.898. The van der Waals surface area contributed by atoms with Gasteiger partial charge in [0.1, 0.15) is 11.9 Å². The molecule has 0 aromatic heterocycles. The standard InChI is InChI=1S/C17H22O3/c1-2-19-16-11-7-6-8-14(16)12-13-17(18)20-15-9-4-3-5-10-15/h6-8,11-13,15H,2-5,9-10H2,1H3. The highest BCUT2D eigenvalue weighted by Gasteiger charge is 2.16. The quantitative estimate of drug-likeness (QED) is 0.602. The van der Waals surface area contributed by atoms with Crippen LogP contribution < -0.4 is 4.74 Å². The summed E-state index contributed by atoms with van der Waals surface area (Å²) in [7, 11) is 0. The van der Waals surface area contributed by atoms with Gasteiger partial charge in [0.2, 0.25) is 0 Å². The van der Waals surface area contributed by atoms with E-state index < -0.39 is 0 Å². The summed E-state index contributed by atoms with van der Waals surface area (Å²) < 4.78 is 11.0. The number of hydrogen-bond acceptors (Lipinski definition) is 3. The number of hydrogen-bond donors (Lipinski definition) is 0. The Morgan fingerprint density at radius 2 is 2.00 bits per heavy atom. The van der Waals surface area contributed by atoms with E-state index >= 15 is 0 Å². The molecule has 0 amide bonds. The minimum absolute atomic E-state index is 0.100. The Labute approximate surface area is 120 Å². The zero-order valence-corrected chi connectivity index (χ0v) is 12.0. The number of ether oxygens (including phenoxy) is 2. The molecule has 1 aliphatic carbocycles. The highest BCUT2D eigenvalue weighted by molar-refractivity contribution is 5.87. The number of rotatable bonds is 5. The number of esters is 1.